The molecule has 0 aromatic rings. The number of rotatable bonds is 8. The van der Waals surface area contributed by atoms with Crippen LogP contribution < -0.4 is 0 Å². The van der Waals surface area contributed by atoms with Gasteiger partial charge >= 0.3 is 14.6 Å². The van der Waals surface area contributed by atoms with Crippen molar-refractivity contribution in [1.29, 1.82) is 0 Å². The van der Waals surface area contributed by atoms with Crippen molar-refractivity contribution in [2.45, 2.75) is 33.6 Å². The molecule has 0 aliphatic rings. The van der Waals surface area contributed by atoms with E-state index in [4.69, 9.17) is 9.79 Å². The summed E-state index contributed by atoms with van der Waals surface area (Å²) in [7, 11) is -4.94. The first-order valence-electron chi connectivity index (χ1n) is 5.55. The van der Waals surface area contributed by atoms with Crippen LogP contribution in [0.2, 0.25) is 0 Å². The van der Waals surface area contributed by atoms with E-state index in [0.717, 1.165) is 18.4 Å². The van der Waals surface area contributed by atoms with E-state index in [1.807, 2.05) is 20.8 Å². The molecule has 19 heavy (non-hydrogen) atoms. The third-order valence-corrected chi connectivity index (χ3v) is 6.31. The van der Waals surface area contributed by atoms with Gasteiger partial charge in [0.2, 0.25) is 0 Å². The quantitative estimate of drug-likeness (QED) is 0.461. The Hall–Kier alpha value is 0.130. The van der Waals surface area contributed by atoms with Crippen LogP contribution in [0.4, 0.5) is 0 Å². The average Bonchev–Trinajstić information content (AvgIpc) is 2.12. The first-order valence-corrected chi connectivity index (χ1v) is 10.2. The molecular formula is C10H20O6P2S. The topological polar surface area (TPSA) is 104 Å². The summed E-state index contributed by atoms with van der Waals surface area (Å²) >= 11 is 0.479. The maximum atomic E-state index is 11.3. The van der Waals surface area contributed by atoms with Gasteiger partial charge in [0.15, 0.2) is 0 Å². The molecule has 6 nitrogen and oxygen atoms in total. The molecule has 0 rings (SSSR count). The van der Waals surface area contributed by atoms with Crippen LogP contribution in [-0.2, 0) is 13.4 Å². The highest BCUT2D eigenvalue weighted by Gasteiger charge is 2.30. The van der Waals surface area contributed by atoms with Crippen molar-refractivity contribution in [2.24, 2.45) is 0 Å². The Kier molecular flexibility index (Phi) is 8.48. The molecule has 112 valence electrons. The molecule has 0 amide bonds. The zero-order valence-electron chi connectivity index (χ0n) is 11.1. The number of phosphoric acid groups is 1. The summed E-state index contributed by atoms with van der Waals surface area (Å²) in [5.41, 5.74) is 2.28. The third kappa shape index (κ3) is 12.9. The van der Waals surface area contributed by atoms with E-state index in [0.29, 0.717) is 11.4 Å². The fourth-order valence-electron chi connectivity index (χ4n) is 1.12. The molecule has 0 heterocycles. The minimum absolute atomic E-state index is 0.161. The van der Waals surface area contributed by atoms with Gasteiger partial charge in [-0.3, -0.25) is 0 Å². The lowest BCUT2D eigenvalue weighted by atomic mass is 10.1. The maximum Gasteiger partial charge on any atom is 0.477 e. The summed E-state index contributed by atoms with van der Waals surface area (Å²) in [5, 5.41) is 0. The number of hydrogen-bond donors (Lipinski definition) is 3. The third-order valence-electron chi connectivity index (χ3n) is 1.97. The Morgan fingerprint density at radius 3 is 2.21 bits per heavy atom. The van der Waals surface area contributed by atoms with Crippen LogP contribution >= 0.6 is 26.0 Å². The molecule has 0 saturated heterocycles. The van der Waals surface area contributed by atoms with Crippen LogP contribution in [0.1, 0.15) is 33.6 Å². The molecule has 1 atom stereocenters. The van der Waals surface area contributed by atoms with Crippen molar-refractivity contribution >= 4 is 26.0 Å². The molecule has 0 bridgehead atoms. The highest BCUT2D eigenvalue weighted by Crippen LogP contribution is 2.64. The summed E-state index contributed by atoms with van der Waals surface area (Å²) in [6, 6.07) is 0. The van der Waals surface area contributed by atoms with Gasteiger partial charge in [0, 0.05) is 5.75 Å². The van der Waals surface area contributed by atoms with Crippen molar-refractivity contribution in [1.82, 2.24) is 0 Å². The normalized spacial score (nSPS) is 16.0. The van der Waals surface area contributed by atoms with E-state index in [1.165, 1.54) is 5.57 Å². The fraction of sp³-hybridized carbons (Fsp3) is 0.600. The van der Waals surface area contributed by atoms with Gasteiger partial charge in [-0.2, -0.15) is 4.31 Å². The van der Waals surface area contributed by atoms with Gasteiger partial charge < -0.3 is 14.7 Å². The molecule has 1 unspecified atom stereocenters. The van der Waals surface area contributed by atoms with E-state index in [9.17, 15) is 14.0 Å². The van der Waals surface area contributed by atoms with Gasteiger partial charge in [-0.25, -0.2) is 9.13 Å². The summed E-state index contributed by atoms with van der Waals surface area (Å²) in [6.07, 6.45) is 5.57. The standard InChI is InChI=1S/C10H20O6P2S/c1-9(2)5-4-6-10(3)7-8-19-18(14,15)16-17(11,12)13/h5,7H,4,6,8H2,1-3H3,(H,14,15)(H2,11,12,13)/b10-7-. The zero-order valence-corrected chi connectivity index (χ0v) is 13.8. The summed E-state index contributed by atoms with van der Waals surface area (Å²) in [6.45, 7) is 1.60. The first-order chi connectivity index (χ1) is 8.52. The van der Waals surface area contributed by atoms with Crippen molar-refractivity contribution in [3.8, 4) is 0 Å². The van der Waals surface area contributed by atoms with Gasteiger partial charge in [-0.05, 0) is 45.0 Å². The van der Waals surface area contributed by atoms with Gasteiger partial charge in [-0.1, -0.05) is 23.3 Å². The second-order valence-corrected chi connectivity index (χ2v) is 9.53. The Bertz CT molecular complexity index is 435. The first kappa shape index (κ1) is 19.1. The molecule has 0 fully saturated rings. The van der Waals surface area contributed by atoms with Crippen molar-refractivity contribution in [3.63, 3.8) is 0 Å². The minimum atomic E-state index is -4.94. The van der Waals surface area contributed by atoms with E-state index in [2.05, 4.69) is 10.4 Å². The second-order valence-electron chi connectivity index (χ2n) is 4.21. The van der Waals surface area contributed by atoms with E-state index < -0.39 is 14.6 Å². The van der Waals surface area contributed by atoms with Gasteiger partial charge in [0.05, 0.1) is 0 Å². The molecule has 0 aliphatic carbocycles. The smallest absolute Gasteiger partial charge is 0.316 e. The lowest BCUT2D eigenvalue weighted by Gasteiger charge is -2.10. The van der Waals surface area contributed by atoms with E-state index in [1.54, 1.807) is 6.08 Å². The Morgan fingerprint density at radius 1 is 1.16 bits per heavy atom. The highest BCUT2D eigenvalue weighted by atomic mass is 32.7. The number of hydrogen-bond acceptors (Lipinski definition) is 4. The molecule has 0 aromatic carbocycles. The summed E-state index contributed by atoms with van der Waals surface area (Å²) in [4.78, 5) is 26.1. The SMILES string of the molecule is CC(C)=CCC/C(C)=C\CSP(=O)(O)OP(=O)(O)O. The molecule has 0 spiro atoms. The van der Waals surface area contributed by atoms with Crippen molar-refractivity contribution in [2.75, 3.05) is 5.75 Å². The predicted molar refractivity (Wildman–Crippen MR) is 77.8 cm³/mol. The van der Waals surface area contributed by atoms with Crippen LogP contribution in [0.15, 0.2) is 23.3 Å². The highest BCUT2D eigenvalue weighted by molar-refractivity contribution is 8.55. The average molecular weight is 330 g/mol. The molecule has 9 heteroatoms. The van der Waals surface area contributed by atoms with Gasteiger partial charge in [0.1, 0.15) is 0 Å². The summed E-state index contributed by atoms with van der Waals surface area (Å²) in [5.74, 6) is 0.161. The van der Waals surface area contributed by atoms with Crippen LogP contribution in [0.3, 0.4) is 0 Å². The zero-order chi connectivity index (χ0) is 15.1. The number of allylic oxidation sites excluding steroid dienone is 3. The van der Waals surface area contributed by atoms with Crippen molar-refractivity contribution < 1.29 is 28.1 Å². The second kappa shape index (κ2) is 8.42. The Morgan fingerprint density at radius 2 is 1.74 bits per heavy atom. The van der Waals surface area contributed by atoms with Crippen LogP contribution in [0.5, 0.6) is 0 Å². The largest absolute Gasteiger partial charge is 0.477 e. The maximum absolute atomic E-state index is 11.3. The van der Waals surface area contributed by atoms with Crippen molar-refractivity contribution in [3.05, 3.63) is 23.3 Å². The fourth-order valence-corrected chi connectivity index (χ4v) is 4.93. The molecule has 3 N–H and O–H groups in total. The van der Waals surface area contributed by atoms with Crippen LogP contribution in [0, 0.1) is 0 Å². The molecule has 0 aromatic heterocycles. The lowest BCUT2D eigenvalue weighted by molar-refractivity contribution is 0.270. The minimum Gasteiger partial charge on any atom is -0.316 e. The Labute approximate surface area is 117 Å². The Balaban J connectivity index is 4.16. The molecule has 0 saturated carbocycles. The van der Waals surface area contributed by atoms with Gasteiger partial charge in [0.25, 0.3) is 0 Å². The molecular weight excluding hydrogens is 310 g/mol. The van der Waals surface area contributed by atoms with Crippen LogP contribution in [0.25, 0.3) is 0 Å². The lowest BCUT2D eigenvalue weighted by Crippen LogP contribution is -1.86. The van der Waals surface area contributed by atoms with E-state index >= 15 is 0 Å². The molecule has 0 aliphatic heterocycles. The monoisotopic (exact) mass is 330 g/mol. The molecule has 0 radical (unpaired) electrons. The van der Waals surface area contributed by atoms with E-state index in [-0.39, 0.29) is 5.75 Å². The van der Waals surface area contributed by atoms with Gasteiger partial charge in [-0.15, -0.1) is 0 Å². The van der Waals surface area contributed by atoms with Crippen LogP contribution in [-0.4, -0.2) is 20.4 Å². The predicted octanol–water partition coefficient (Wildman–Crippen LogP) is 3.62. The summed E-state index contributed by atoms with van der Waals surface area (Å²) < 4.78 is 25.6.